The molecule has 0 unspecified atom stereocenters. The number of ether oxygens (including phenoxy) is 1. The molecule has 3 atom stereocenters. The Hall–Kier alpha value is -2.04. The summed E-state index contributed by atoms with van der Waals surface area (Å²) in [5, 5.41) is 2.96. The van der Waals surface area contributed by atoms with E-state index in [0.717, 1.165) is 43.5 Å². The molecule has 2 aliphatic rings. The zero-order chi connectivity index (χ0) is 19.4. The van der Waals surface area contributed by atoms with Gasteiger partial charge >= 0.3 is 0 Å². The van der Waals surface area contributed by atoms with E-state index in [2.05, 4.69) is 24.4 Å². The van der Waals surface area contributed by atoms with Crippen LogP contribution in [0.25, 0.3) is 0 Å². The monoisotopic (exact) mass is 372 g/mol. The SMILES string of the molecule is CCOc1ccc(CCCC(=O)N(C)[C@H]2C[C@H]3CNC(=O)C[C@H]3C2)cc1C. The molecule has 1 aromatic carbocycles. The number of benzene rings is 1. The van der Waals surface area contributed by atoms with Crippen molar-refractivity contribution in [2.45, 2.75) is 58.4 Å². The Bertz CT molecular complexity index is 688. The van der Waals surface area contributed by atoms with E-state index in [1.165, 1.54) is 5.56 Å². The van der Waals surface area contributed by atoms with E-state index in [9.17, 15) is 9.59 Å². The van der Waals surface area contributed by atoms with Gasteiger partial charge in [0.1, 0.15) is 5.75 Å². The van der Waals surface area contributed by atoms with Crippen LogP contribution in [0.15, 0.2) is 18.2 Å². The molecule has 27 heavy (non-hydrogen) atoms. The number of nitrogens with one attached hydrogen (secondary N) is 1. The van der Waals surface area contributed by atoms with Crippen molar-refractivity contribution < 1.29 is 14.3 Å². The Balaban J connectivity index is 1.45. The van der Waals surface area contributed by atoms with Crippen LogP contribution in [0.5, 0.6) is 5.75 Å². The van der Waals surface area contributed by atoms with Gasteiger partial charge in [-0.2, -0.15) is 0 Å². The molecule has 1 saturated carbocycles. The third-order valence-electron chi connectivity index (χ3n) is 6.16. The van der Waals surface area contributed by atoms with Gasteiger partial charge in [-0.05, 0) is 68.6 Å². The zero-order valence-corrected chi connectivity index (χ0v) is 16.8. The summed E-state index contributed by atoms with van der Waals surface area (Å²) >= 11 is 0. The molecule has 5 heteroatoms. The fourth-order valence-corrected chi connectivity index (χ4v) is 4.56. The Morgan fingerprint density at radius 2 is 2.07 bits per heavy atom. The van der Waals surface area contributed by atoms with E-state index in [-0.39, 0.29) is 17.9 Å². The fourth-order valence-electron chi connectivity index (χ4n) is 4.56. The molecule has 1 aromatic rings. The molecule has 148 valence electrons. The highest BCUT2D eigenvalue weighted by Crippen LogP contribution is 2.38. The van der Waals surface area contributed by atoms with E-state index in [1.807, 2.05) is 24.9 Å². The van der Waals surface area contributed by atoms with Crippen molar-refractivity contribution in [2.24, 2.45) is 11.8 Å². The number of aryl methyl sites for hydroxylation is 2. The number of hydrogen-bond acceptors (Lipinski definition) is 3. The topological polar surface area (TPSA) is 58.6 Å². The molecule has 1 saturated heterocycles. The third-order valence-corrected chi connectivity index (χ3v) is 6.16. The van der Waals surface area contributed by atoms with Crippen molar-refractivity contribution in [3.63, 3.8) is 0 Å². The summed E-state index contributed by atoms with van der Waals surface area (Å²) in [6.07, 6.45) is 4.95. The van der Waals surface area contributed by atoms with Crippen LogP contribution in [-0.4, -0.2) is 43.0 Å². The van der Waals surface area contributed by atoms with Crippen molar-refractivity contribution >= 4 is 11.8 Å². The molecule has 0 aromatic heterocycles. The predicted molar refractivity (Wildman–Crippen MR) is 106 cm³/mol. The lowest BCUT2D eigenvalue weighted by Gasteiger charge is -2.25. The largest absolute Gasteiger partial charge is 0.494 e. The maximum atomic E-state index is 12.6. The summed E-state index contributed by atoms with van der Waals surface area (Å²) in [5.74, 6) is 2.31. The first-order chi connectivity index (χ1) is 13.0. The van der Waals surface area contributed by atoms with Crippen LogP contribution in [0, 0.1) is 18.8 Å². The molecule has 1 aliphatic heterocycles. The molecule has 1 heterocycles. The molecule has 3 rings (SSSR count). The minimum Gasteiger partial charge on any atom is -0.494 e. The van der Waals surface area contributed by atoms with Crippen LogP contribution in [0.1, 0.15) is 50.2 Å². The zero-order valence-electron chi connectivity index (χ0n) is 16.8. The molecule has 1 aliphatic carbocycles. The van der Waals surface area contributed by atoms with E-state index >= 15 is 0 Å². The maximum Gasteiger partial charge on any atom is 0.222 e. The van der Waals surface area contributed by atoms with E-state index < -0.39 is 0 Å². The number of amides is 2. The van der Waals surface area contributed by atoms with Gasteiger partial charge in [-0.25, -0.2) is 0 Å². The van der Waals surface area contributed by atoms with Crippen LogP contribution < -0.4 is 10.1 Å². The lowest BCUT2D eigenvalue weighted by Crippen LogP contribution is -2.38. The van der Waals surface area contributed by atoms with Gasteiger partial charge in [-0.15, -0.1) is 0 Å². The van der Waals surface area contributed by atoms with Gasteiger partial charge in [-0.1, -0.05) is 12.1 Å². The maximum absolute atomic E-state index is 12.6. The molecule has 2 fully saturated rings. The summed E-state index contributed by atoms with van der Waals surface area (Å²) in [6, 6.07) is 6.56. The lowest BCUT2D eigenvalue weighted by atomic mass is 9.89. The number of fused-ring (bicyclic) bond motifs is 1. The molecule has 2 amide bonds. The number of hydrogen-bond donors (Lipinski definition) is 1. The highest BCUT2D eigenvalue weighted by atomic mass is 16.5. The number of piperidine rings is 1. The Morgan fingerprint density at radius 1 is 1.30 bits per heavy atom. The molecule has 1 N–H and O–H groups in total. The number of carbonyl (C=O) groups is 2. The van der Waals surface area contributed by atoms with E-state index in [1.54, 1.807) is 0 Å². The summed E-state index contributed by atoms with van der Waals surface area (Å²) in [5.41, 5.74) is 2.40. The second-order valence-electron chi connectivity index (χ2n) is 8.04. The van der Waals surface area contributed by atoms with Gasteiger partial charge in [0, 0.05) is 32.5 Å². The van der Waals surface area contributed by atoms with Crippen LogP contribution in [0.4, 0.5) is 0 Å². The van der Waals surface area contributed by atoms with E-state index in [0.29, 0.717) is 31.3 Å². The summed E-state index contributed by atoms with van der Waals surface area (Å²) in [4.78, 5) is 26.1. The normalized spacial score (nSPS) is 24.3. The lowest BCUT2D eigenvalue weighted by molar-refractivity contribution is -0.132. The highest BCUT2D eigenvalue weighted by Gasteiger charge is 2.40. The number of carbonyl (C=O) groups excluding carboxylic acids is 2. The third kappa shape index (κ3) is 4.82. The molecular weight excluding hydrogens is 340 g/mol. The van der Waals surface area contributed by atoms with E-state index in [4.69, 9.17) is 4.74 Å². The molecule has 5 nitrogen and oxygen atoms in total. The summed E-state index contributed by atoms with van der Waals surface area (Å²) < 4.78 is 5.58. The van der Waals surface area contributed by atoms with Gasteiger partial charge < -0.3 is 15.0 Å². The Labute approximate surface area is 162 Å². The van der Waals surface area contributed by atoms with Crippen LogP contribution in [0.2, 0.25) is 0 Å². The van der Waals surface area contributed by atoms with Crippen LogP contribution in [0.3, 0.4) is 0 Å². The highest BCUT2D eigenvalue weighted by molar-refractivity contribution is 5.77. The van der Waals surface area contributed by atoms with Crippen molar-refractivity contribution in [3.8, 4) is 5.75 Å². The number of nitrogens with zero attached hydrogens (tertiary/aromatic N) is 1. The first kappa shape index (κ1) is 19.7. The van der Waals surface area contributed by atoms with Crippen molar-refractivity contribution in [3.05, 3.63) is 29.3 Å². The standard InChI is InChI=1S/C22H32N2O3/c1-4-27-20-9-8-16(10-15(20)2)6-5-7-22(26)24(3)19-11-17-13-21(25)23-14-18(17)12-19/h8-10,17-19H,4-7,11-14H2,1-3H3,(H,23,25)/t17-,18+,19-/m1/s1. The summed E-state index contributed by atoms with van der Waals surface area (Å²) in [7, 11) is 1.93. The smallest absolute Gasteiger partial charge is 0.222 e. The van der Waals surface area contributed by atoms with Crippen molar-refractivity contribution in [1.29, 1.82) is 0 Å². The van der Waals surface area contributed by atoms with Crippen molar-refractivity contribution in [2.75, 3.05) is 20.2 Å². The average Bonchev–Trinajstić information content (AvgIpc) is 3.06. The van der Waals surface area contributed by atoms with Gasteiger partial charge in [0.2, 0.25) is 11.8 Å². The van der Waals surface area contributed by atoms with Crippen molar-refractivity contribution in [1.82, 2.24) is 10.2 Å². The van der Waals surface area contributed by atoms with Crippen LogP contribution in [-0.2, 0) is 16.0 Å². The quantitative estimate of drug-likeness (QED) is 0.800. The Morgan fingerprint density at radius 3 is 2.81 bits per heavy atom. The molecule has 0 spiro atoms. The Kier molecular flexibility index (Phi) is 6.40. The first-order valence-electron chi connectivity index (χ1n) is 10.2. The number of rotatable bonds is 7. The second-order valence-corrected chi connectivity index (χ2v) is 8.04. The molecule has 0 radical (unpaired) electrons. The molecule has 0 bridgehead atoms. The van der Waals surface area contributed by atoms with Crippen LogP contribution >= 0.6 is 0 Å². The minimum atomic E-state index is 0.163. The van der Waals surface area contributed by atoms with Gasteiger partial charge in [0.05, 0.1) is 6.61 Å². The fraction of sp³-hybridized carbons (Fsp3) is 0.636. The minimum absolute atomic E-state index is 0.163. The molecular formula is C22H32N2O3. The van der Waals surface area contributed by atoms with Gasteiger partial charge in [0.25, 0.3) is 0 Å². The predicted octanol–water partition coefficient (Wildman–Crippen LogP) is 3.09. The second kappa shape index (κ2) is 8.77. The summed E-state index contributed by atoms with van der Waals surface area (Å²) in [6.45, 7) is 5.50. The van der Waals surface area contributed by atoms with Gasteiger partial charge in [0.15, 0.2) is 0 Å². The first-order valence-corrected chi connectivity index (χ1v) is 10.2. The van der Waals surface area contributed by atoms with Gasteiger partial charge in [-0.3, -0.25) is 9.59 Å². The average molecular weight is 373 g/mol.